The smallest absolute Gasteiger partial charge is 0.321 e. The van der Waals surface area contributed by atoms with Crippen molar-refractivity contribution < 1.29 is 9.29 Å². The van der Waals surface area contributed by atoms with Gasteiger partial charge in [-0.1, -0.05) is 12.1 Å². The fraction of sp³-hybridized carbons (Fsp3) is 0.235. The van der Waals surface area contributed by atoms with Crippen LogP contribution in [0.1, 0.15) is 16.7 Å². The van der Waals surface area contributed by atoms with Crippen LogP contribution in [0.25, 0.3) is 11.0 Å². The Kier molecular flexibility index (Phi) is 4.19. The molecule has 0 saturated heterocycles. The van der Waals surface area contributed by atoms with Gasteiger partial charge in [0, 0.05) is 28.0 Å². The van der Waals surface area contributed by atoms with Gasteiger partial charge in [-0.3, -0.25) is 4.98 Å². The Labute approximate surface area is 138 Å². The summed E-state index contributed by atoms with van der Waals surface area (Å²) < 4.78 is 18.0. The summed E-state index contributed by atoms with van der Waals surface area (Å²) in [6, 6.07) is 9.56. The monoisotopic (exact) mass is 329 g/mol. The van der Waals surface area contributed by atoms with Crippen molar-refractivity contribution in [2.24, 2.45) is 0 Å². The van der Waals surface area contributed by atoms with E-state index in [9.17, 15) is 4.55 Å². The van der Waals surface area contributed by atoms with Gasteiger partial charge in [-0.05, 0) is 37.6 Å². The second-order valence-electron chi connectivity index (χ2n) is 5.47. The lowest BCUT2D eigenvalue weighted by Crippen LogP contribution is -2.10. The maximum atomic E-state index is 12.6. The Balaban J connectivity index is 1.92. The van der Waals surface area contributed by atoms with Gasteiger partial charge in [0.05, 0.1) is 18.1 Å². The molecule has 6 heteroatoms. The fourth-order valence-corrected chi connectivity index (χ4v) is 3.83. The maximum absolute atomic E-state index is 12.6. The molecule has 1 unspecified atom stereocenters. The highest BCUT2D eigenvalue weighted by molar-refractivity contribution is 7.90. The number of aryl methyl sites for hydroxylation is 1. The van der Waals surface area contributed by atoms with Gasteiger partial charge in [0.25, 0.3) is 0 Å². The number of hydrogen-bond acceptors (Lipinski definition) is 4. The molecular weight excluding hydrogens is 310 g/mol. The third kappa shape index (κ3) is 2.87. The Morgan fingerprint density at radius 3 is 2.74 bits per heavy atom. The van der Waals surface area contributed by atoms with E-state index in [0.717, 1.165) is 33.5 Å². The highest BCUT2D eigenvalue weighted by Crippen LogP contribution is 2.32. The van der Waals surface area contributed by atoms with Crippen molar-refractivity contribution in [3.63, 3.8) is 0 Å². The number of para-hydroxylation sites is 2. The van der Waals surface area contributed by atoms with Gasteiger partial charge in [-0.15, -0.1) is 0 Å². The highest BCUT2D eigenvalue weighted by Gasteiger charge is 2.21. The average Bonchev–Trinajstić information content (AvgIpc) is 2.97. The van der Waals surface area contributed by atoms with E-state index in [-0.39, 0.29) is 0 Å². The second-order valence-corrected chi connectivity index (χ2v) is 6.84. The van der Waals surface area contributed by atoms with Crippen LogP contribution in [-0.2, 0) is 16.9 Å². The van der Waals surface area contributed by atoms with Crippen molar-refractivity contribution in [2.75, 3.05) is 12.8 Å². The van der Waals surface area contributed by atoms with Crippen LogP contribution in [-0.4, -0.2) is 21.6 Å². The molecule has 0 spiro atoms. The van der Waals surface area contributed by atoms with Crippen molar-refractivity contribution in [2.45, 2.75) is 24.8 Å². The lowest BCUT2D eigenvalue weighted by Gasteiger charge is -2.15. The van der Waals surface area contributed by atoms with Gasteiger partial charge in [0.15, 0.2) is 0 Å². The summed E-state index contributed by atoms with van der Waals surface area (Å²) in [5.41, 5.74) is 11.2. The number of anilines is 1. The standard InChI is InChI=1S/C17H19N3O2S/c1-10-8-12(15(18)11(2)16(10)22-3)9-23(21)17-19-13-6-4-5-7-14(13)20-17/h4-8H,9,18H2,1-3H3,(H,19,20). The molecule has 0 fully saturated rings. The first kappa shape index (κ1) is 15.7. The van der Waals surface area contributed by atoms with Crippen LogP contribution in [0, 0.1) is 13.8 Å². The minimum atomic E-state index is -1.29. The molecule has 1 heterocycles. The van der Waals surface area contributed by atoms with Crippen LogP contribution in [0.2, 0.25) is 0 Å². The molecule has 0 aliphatic rings. The summed E-state index contributed by atoms with van der Waals surface area (Å²) in [4.78, 5) is 7.51. The van der Waals surface area contributed by atoms with E-state index in [1.807, 2.05) is 44.2 Å². The summed E-state index contributed by atoms with van der Waals surface area (Å²) in [5.74, 6) is 1.10. The SMILES string of the molecule is COc1c(C)cc(C[S+]([O-])c2nc3ccccc3[nH]2)c(N)c1C. The van der Waals surface area contributed by atoms with Crippen molar-refractivity contribution in [3.8, 4) is 5.75 Å². The number of methoxy groups -OCH3 is 1. The topological polar surface area (TPSA) is 87.0 Å². The lowest BCUT2D eigenvalue weighted by molar-refractivity contribution is 0.409. The Morgan fingerprint density at radius 2 is 2.04 bits per heavy atom. The van der Waals surface area contributed by atoms with E-state index < -0.39 is 11.2 Å². The first-order chi connectivity index (χ1) is 11.0. The third-order valence-corrected chi connectivity index (χ3v) is 5.11. The van der Waals surface area contributed by atoms with Gasteiger partial charge in [-0.2, -0.15) is 4.98 Å². The molecule has 0 saturated carbocycles. The number of aromatic amines is 1. The van der Waals surface area contributed by atoms with E-state index in [1.165, 1.54) is 0 Å². The summed E-state index contributed by atoms with van der Waals surface area (Å²) in [7, 11) is 1.63. The first-order valence-electron chi connectivity index (χ1n) is 7.27. The quantitative estimate of drug-likeness (QED) is 0.569. The summed E-state index contributed by atoms with van der Waals surface area (Å²) in [6.07, 6.45) is 0. The molecule has 1 aromatic heterocycles. The second kappa shape index (κ2) is 6.14. The van der Waals surface area contributed by atoms with E-state index >= 15 is 0 Å². The molecule has 120 valence electrons. The van der Waals surface area contributed by atoms with Crippen LogP contribution in [0.3, 0.4) is 0 Å². The molecule has 0 aliphatic carbocycles. The van der Waals surface area contributed by atoms with Crippen LogP contribution < -0.4 is 10.5 Å². The van der Waals surface area contributed by atoms with Crippen molar-refractivity contribution in [1.29, 1.82) is 0 Å². The molecule has 0 radical (unpaired) electrons. The minimum absolute atomic E-state index is 0.317. The third-order valence-electron chi connectivity index (χ3n) is 3.91. The number of nitrogens with zero attached hydrogens (tertiary/aromatic N) is 1. The van der Waals surface area contributed by atoms with E-state index in [2.05, 4.69) is 9.97 Å². The minimum Gasteiger partial charge on any atom is -0.609 e. The Bertz CT molecular complexity index is 827. The van der Waals surface area contributed by atoms with E-state index in [0.29, 0.717) is 16.6 Å². The Hall–Kier alpha value is -2.18. The summed E-state index contributed by atoms with van der Waals surface area (Å²) >= 11 is -1.29. The van der Waals surface area contributed by atoms with Gasteiger partial charge in [0.2, 0.25) is 0 Å². The van der Waals surface area contributed by atoms with Crippen LogP contribution in [0.15, 0.2) is 35.5 Å². The van der Waals surface area contributed by atoms with Crippen LogP contribution in [0.4, 0.5) is 5.69 Å². The molecule has 2 aromatic carbocycles. The number of imidazole rings is 1. The zero-order valence-electron chi connectivity index (χ0n) is 13.3. The molecule has 3 aromatic rings. The number of nitrogens with two attached hydrogens (primary N) is 1. The van der Waals surface area contributed by atoms with Gasteiger partial charge < -0.3 is 15.0 Å². The number of hydrogen-bond donors (Lipinski definition) is 2. The molecule has 5 nitrogen and oxygen atoms in total. The summed E-state index contributed by atoms with van der Waals surface area (Å²) in [6.45, 7) is 3.87. The van der Waals surface area contributed by atoms with E-state index in [4.69, 9.17) is 10.5 Å². The number of rotatable bonds is 4. The lowest BCUT2D eigenvalue weighted by atomic mass is 10.0. The number of nitrogen functional groups attached to an aromatic ring is 1. The molecular formula is C17H19N3O2S. The highest BCUT2D eigenvalue weighted by atomic mass is 32.2. The fourth-order valence-electron chi connectivity index (χ4n) is 2.74. The number of benzene rings is 2. The zero-order chi connectivity index (χ0) is 16.6. The predicted octanol–water partition coefficient (Wildman–Crippen LogP) is 3.08. The normalized spacial score (nSPS) is 12.5. The molecule has 23 heavy (non-hydrogen) atoms. The molecule has 0 bridgehead atoms. The largest absolute Gasteiger partial charge is 0.609 e. The van der Waals surface area contributed by atoms with Crippen molar-refractivity contribution in [1.82, 2.24) is 9.97 Å². The molecule has 1 atom stereocenters. The molecule has 3 rings (SSSR count). The number of aromatic nitrogens is 2. The van der Waals surface area contributed by atoms with Crippen LogP contribution in [0.5, 0.6) is 5.75 Å². The van der Waals surface area contributed by atoms with Crippen molar-refractivity contribution >= 4 is 27.9 Å². The number of ether oxygens (including phenoxy) is 1. The zero-order valence-corrected chi connectivity index (χ0v) is 14.2. The maximum Gasteiger partial charge on any atom is 0.321 e. The Morgan fingerprint density at radius 1 is 1.30 bits per heavy atom. The van der Waals surface area contributed by atoms with Gasteiger partial charge >= 0.3 is 5.16 Å². The molecule has 0 aliphatic heterocycles. The van der Waals surface area contributed by atoms with Gasteiger partial charge in [0.1, 0.15) is 11.5 Å². The first-order valence-corrected chi connectivity index (χ1v) is 8.58. The predicted molar refractivity (Wildman–Crippen MR) is 93.1 cm³/mol. The molecule has 3 N–H and O–H groups in total. The van der Waals surface area contributed by atoms with E-state index in [1.54, 1.807) is 7.11 Å². The van der Waals surface area contributed by atoms with Gasteiger partial charge in [-0.25, -0.2) is 0 Å². The number of nitrogens with one attached hydrogen (secondary N) is 1. The van der Waals surface area contributed by atoms with Crippen LogP contribution >= 0.6 is 0 Å². The van der Waals surface area contributed by atoms with Crippen molar-refractivity contribution in [3.05, 3.63) is 47.0 Å². The molecule has 0 amide bonds. The number of fused-ring (bicyclic) bond motifs is 1. The number of H-pyrrole nitrogens is 1. The summed E-state index contributed by atoms with van der Waals surface area (Å²) in [5, 5.41) is 0.469. The average molecular weight is 329 g/mol.